The van der Waals surface area contributed by atoms with Crippen molar-refractivity contribution in [2.24, 2.45) is 7.05 Å². The number of aryl methyl sites for hydroxylation is 1. The summed E-state index contributed by atoms with van der Waals surface area (Å²) in [4.78, 5) is 0.936. The molecular formula is C21H18N4OS. The minimum atomic E-state index is -0.674. The number of nitrogens with zero attached hydrogens (tertiary/aromatic N) is 4. The van der Waals surface area contributed by atoms with E-state index < -0.39 is 6.10 Å². The minimum Gasteiger partial charge on any atom is -0.381 e. The number of hydrogen-bond acceptors (Lipinski definition) is 4. The quantitative estimate of drug-likeness (QED) is 0.515. The lowest BCUT2D eigenvalue weighted by atomic mass is 10.1. The van der Waals surface area contributed by atoms with Gasteiger partial charge in [-0.3, -0.25) is 0 Å². The number of fused-ring (bicyclic) bond motifs is 2. The lowest BCUT2D eigenvalue weighted by Crippen LogP contribution is -2.10. The van der Waals surface area contributed by atoms with E-state index >= 15 is 0 Å². The van der Waals surface area contributed by atoms with E-state index in [-0.39, 0.29) is 0 Å². The van der Waals surface area contributed by atoms with Crippen LogP contribution in [0.25, 0.3) is 21.9 Å². The molecular weight excluding hydrogens is 356 g/mol. The number of rotatable bonds is 4. The highest BCUT2D eigenvalue weighted by Gasteiger charge is 2.24. The molecule has 0 spiro atoms. The Bertz CT molecular complexity index is 1240. The SMILES string of the molecule is Cn1c(C(O)c2cccs2)c(Cn2nnc3ccccc32)c2ccccc21. The number of aliphatic hydroxyl groups is 1. The van der Waals surface area contributed by atoms with Crippen molar-refractivity contribution < 1.29 is 5.11 Å². The zero-order chi connectivity index (χ0) is 18.4. The Morgan fingerprint density at radius 2 is 1.78 bits per heavy atom. The van der Waals surface area contributed by atoms with E-state index in [4.69, 9.17) is 0 Å². The van der Waals surface area contributed by atoms with Gasteiger partial charge >= 0.3 is 0 Å². The van der Waals surface area contributed by atoms with E-state index in [0.29, 0.717) is 6.54 Å². The van der Waals surface area contributed by atoms with Crippen LogP contribution in [0, 0.1) is 0 Å². The van der Waals surface area contributed by atoms with Gasteiger partial charge in [-0.1, -0.05) is 41.6 Å². The van der Waals surface area contributed by atoms with Gasteiger partial charge in [-0.25, -0.2) is 4.68 Å². The van der Waals surface area contributed by atoms with Crippen LogP contribution in [0.15, 0.2) is 66.0 Å². The zero-order valence-corrected chi connectivity index (χ0v) is 15.6. The van der Waals surface area contributed by atoms with Crippen LogP contribution >= 0.6 is 11.3 Å². The fraction of sp³-hybridized carbons (Fsp3) is 0.143. The first kappa shape index (κ1) is 16.2. The third-order valence-electron chi connectivity index (χ3n) is 5.06. The van der Waals surface area contributed by atoms with Gasteiger partial charge < -0.3 is 9.67 Å². The summed E-state index contributed by atoms with van der Waals surface area (Å²) < 4.78 is 4.00. The summed E-state index contributed by atoms with van der Waals surface area (Å²) in [7, 11) is 2.01. The molecule has 0 radical (unpaired) electrons. The van der Waals surface area contributed by atoms with Crippen molar-refractivity contribution in [1.29, 1.82) is 0 Å². The molecule has 2 aromatic carbocycles. The number of para-hydroxylation sites is 2. The van der Waals surface area contributed by atoms with Crippen molar-refractivity contribution in [1.82, 2.24) is 19.6 Å². The zero-order valence-electron chi connectivity index (χ0n) is 14.8. The highest BCUT2D eigenvalue weighted by atomic mass is 32.1. The van der Waals surface area contributed by atoms with Crippen LogP contribution < -0.4 is 0 Å². The molecule has 0 fully saturated rings. The van der Waals surface area contributed by atoms with Crippen molar-refractivity contribution in [3.05, 3.63) is 82.2 Å². The first-order valence-corrected chi connectivity index (χ1v) is 9.68. The average Bonchev–Trinajstić information content (AvgIpc) is 3.42. The first-order valence-electron chi connectivity index (χ1n) is 8.80. The van der Waals surface area contributed by atoms with E-state index in [0.717, 1.165) is 38.1 Å². The molecule has 0 amide bonds. The molecule has 5 nitrogen and oxygen atoms in total. The van der Waals surface area contributed by atoms with E-state index in [1.165, 1.54) is 0 Å². The lowest BCUT2D eigenvalue weighted by Gasteiger charge is -2.14. The van der Waals surface area contributed by atoms with Gasteiger partial charge in [0.1, 0.15) is 11.6 Å². The van der Waals surface area contributed by atoms with Crippen LogP contribution in [-0.4, -0.2) is 24.7 Å². The average molecular weight is 374 g/mol. The predicted molar refractivity (Wildman–Crippen MR) is 108 cm³/mol. The van der Waals surface area contributed by atoms with E-state index in [9.17, 15) is 5.11 Å². The highest BCUT2D eigenvalue weighted by Crippen LogP contribution is 2.35. The molecule has 0 aliphatic carbocycles. The van der Waals surface area contributed by atoms with Crippen molar-refractivity contribution in [2.45, 2.75) is 12.6 Å². The maximum atomic E-state index is 11.1. The molecule has 1 atom stereocenters. The minimum absolute atomic E-state index is 0.555. The molecule has 3 aromatic heterocycles. The molecule has 1 N–H and O–H groups in total. The van der Waals surface area contributed by atoms with Gasteiger partial charge in [0.25, 0.3) is 0 Å². The third kappa shape index (κ3) is 2.57. The van der Waals surface area contributed by atoms with Gasteiger partial charge in [-0.2, -0.15) is 0 Å². The van der Waals surface area contributed by atoms with Crippen LogP contribution in [-0.2, 0) is 13.6 Å². The second-order valence-corrected chi connectivity index (χ2v) is 7.57. The third-order valence-corrected chi connectivity index (χ3v) is 5.99. The maximum Gasteiger partial charge on any atom is 0.128 e. The van der Waals surface area contributed by atoms with Crippen LogP contribution in [0.4, 0.5) is 0 Å². The fourth-order valence-corrected chi connectivity index (χ4v) is 4.48. The van der Waals surface area contributed by atoms with E-state index in [2.05, 4.69) is 27.0 Å². The van der Waals surface area contributed by atoms with Crippen molar-refractivity contribution in [2.75, 3.05) is 0 Å². The molecule has 6 heteroatoms. The van der Waals surface area contributed by atoms with E-state index in [1.54, 1.807) is 11.3 Å². The molecule has 0 bridgehead atoms. The predicted octanol–water partition coefficient (Wildman–Crippen LogP) is 4.11. The second kappa shape index (κ2) is 6.33. The Morgan fingerprint density at radius 3 is 2.59 bits per heavy atom. The topological polar surface area (TPSA) is 55.9 Å². The summed E-state index contributed by atoms with van der Waals surface area (Å²) in [6.45, 7) is 0.555. The Morgan fingerprint density at radius 1 is 1.00 bits per heavy atom. The Balaban J connectivity index is 1.72. The summed E-state index contributed by atoms with van der Waals surface area (Å²) in [5, 5.41) is 22.9. The highest BCUT2D eigenvalue weighted by molar-refractivity contribution is 7.10. The Kier molecular flexibility index (Phi) is 3.81. The largest absolute Gasteiger partial charge is 0.381 e. The van der Waals surface area contributed by atoms with E-state index in [1.807, 2.05) is 65.6 Å². The molecule has 1 unspecified atom stereocenters. The summed E-state index contributed by atoms with van der Waals surface area (Å²) in [6.07, 6.45) is -0.674. The number of aromatic nitrogens is 4. The van der Waals surface area contributed by atoms with Gasteiger partial charge in [-0.15, -0.1) is 16.4 Å². The molecule has 0 aliphatic rings. The van der Waals surface area contributed by atoms with Gasteiger partial charge in [0.2, 0.25) is 0 Å². The number of aliphatic hydroxyl groups excluding tert-OH is 1. The van der Waals surface area contributed by atoms with Gasteiger partial charge in [0.15, 0.2) is 0 Å². The molecule has 0 aliphatic heterocycles. The monoisotopic (exact) mass is 374 g/mol. The normalized spacial score (nSPS) is 12.8. The summed E-state index contributed by atoms with van der Waals surface area (Å²) in [6, 6.07) is 20.1. The van der Waals surface area contributed by atoms with Gasteiger partial charge in [0.05, 0.1) is 17.8 Å². The van der Waals surface area contributed by atoms with Crippen LogP contribution in [0.3, 0.4) is 0 Å². The Hall–Kier alpha value is -2.96. The van der Waals surface area contributed by atoms with Crippen molar-refractivity contribution >= 4 is 33.3 Å². The van der Waals surface area contributed by atoms with Crippen LogP contribution in [0.1, 0.15) is 22.2 Å². The van der Waals surface area contributed by atoms with Gasteiger partial charge in [-0.05, 0) is 29.6 Å². The number of benzene rings is 2. The fourth-order valence-electron chi connectivity index (χ4n) is 3.77. The maximum absolute atomic E-state index is 11.1. The number of thiophene rings is 1. The number of hydrogen-bond donors (Lipinski definition) is 1. The summed E-state index contributed by atoms with van der Waals surface area (Å²) in [5.41, 5.74) is 4.94. The molecule has 27 heavy (non-hydrogen) atoms. The van der Waals surface area contributed by atoms with Gasteiger partial charge in [0, 0.05) is 28.4 Å². The summed E-state index contributed by atoms with van der Waals surface area (Å²) >= 11 is 1.57. The molecule has 3 heterocycles. The molecule has 5 aromatic rings. The molecule has 0 saturated heterocycles. The van der Waals surface area contributed by atoms with Crippen LogP contribution in [0.5, 0.6) is 0 Å². The second-order valence-electron chi connectivity index (χ2n) is 6.59. The van der Waals surface area contributed by atoms with Crippen molar-refractivity contribution in [3.8, 4) is 0 Å². The van der Waals surface area contributed by atoms with Crippen LogP contribution in [0.2, 0.25) is 0 Å². The smallest absolute Gasteiger partial charge is 0.128 e. The summed E-state index contributed by atoms with van der Waals surface area (Å²) in [5.74, 6) is 0. The Labute approximate surface area is 160 Å². The molecule has 5 rings (SSSR count). The standard InChI is InChI=1S/C21H18N4OS/c1-24-17-9-4-2-7-14(17)15(20(24)21(26)19-11-6-12-27-19)13-25-18-10-5-3-8-16(18)22-23-25/h2-12,21,26H,13H2,1H3. The molecule has 134 valence electrons. The van der Waals surface area contributed by atoms with Crippen molar-refractivity contribution in [3.63, 3.8) is 0 Å². The molecule has 0 saturated carbocycles. The first-order chi connectivity index (χ1) is 13.2. The lowest BCUT2D eigenvalue weighted by molar-refractivity contribution is 0.214.